The van der Waals surface area contributed by atoms with Crippen molar-refractivity contribution in [2.45, 2.75) is 62.9 Å². The largest absolute Gasteiger partial charge is 0.508 e. The lowest BCUT2D eigenvalue weighted by Crippen LogP contribution is -2.58. The molecule has 0 aliphatic rings. The number of phenols is 1. The van der Waals surface area contributed by atoms with Gasteiger partial charge in [-0.15, -0.1) is 0 Å². The minimum Gasteiger partial charge on any atom is -0.508 e. The number of carbonyl (C=O) groups excluding carboxylic acids is 4. The second kappa shape index (κ2) is 15.7. The van der Waals surface area contributed by atoms with E-state index in [0.29, 0.717) is 11.3 Å². The van der Waals surface area contributed by atoms with Crippen LogP contribution in [-0.2, 0) is 30.4 Å². The number of thioether (sulfide) groups is 1. The number of nitrogens with one attached hydrogen (secondary N) is 3. The Morgan fingerprint density at radius 3 is 1.97 bits per heavy atom. The van der Waals surface area contributed by atoms with Gasteiger partial charge in [0, 0.05) is 12.8 Å². The van der Waals surface area contributed by atoms with E-state index in [1.54, 1.807) is 18.4 Å². The van der Waals surface area contributed by atoms with Gasteiger partial charge in [0.2, 0.25) is 23.6 Å². The van der Waals surface area contributed by atoms with Gasteiger partial charge in [-0.2, -0.15) is 11.8 Å². The molecule has 14 heteroatoms. The number of benzene rings is 1. The van der Waals surface area contributed by atoms with Crippen LogP contribution in [0, 0.1) is 0 Å². The van der Waals surface area contributed by atoms with Gasteiger partial charge in [0.25, 0.3) is 0 Å². The molecule has 0 aliphatic heterocycles. The Bertz CT molecular complexity index is 944. The lowest BCUT2D eigenvalue weighted by Gasteiger charge is -2.25. The monoisotopic (exact) mass is 541 g/mol. The number of aliphatic hydroxyl groups is 1. The summed E-state index contributed by atoms with van der Waals surface area (Å²) < 4.78 is 0. The van der Waals surface area contributed by atoms with E-state index in [2.05, 4.69) is 16.0 Å². The summed E-state index contributed by atoms with van der Waals surface area (Å²) in [5, 5.41) is 35.9. The lowest BCUT2D eigenvalue weighted by atomic mass is 10.0. The normalized spacial score (nSPS) is 14.9. The number of nitrogens with two attached hydrogens (primary N) is 2. The van der Waals surface area contributed by atoms with E-state index < -0.39 is 59.9 Å². The van der Waals surface area contributed by atoms with Crippen LogP contribution in [0.3, 0.4) is 0 Å². The van der Waals surface area contributed by atoms with E-state index in [-0.39, 0.29) is 31.4 Å². The first kappa shape index (κ1) is 31.7. The fraction of sp³-hybridized carbons (Fsp3) is 0.522. The molecule has 0 radical (unpaired) electrons. The summed E-state index contributed by atoms with van der Waals surface area (Å²) in [6.45, 7) is 1.32. The van der Waals surface area contributed by atoms with Crippen LogP contribution in [0.25, 0.3) is 0 Å². The van der Waals surface area contributed by atoms with Crippen LogP contribution in [0.5, 0.6) is 5.75 Å². The molecule has 1 aromatic rings. The predicted molar refractivity (Wildman–Crippen MR) is 136 cm³/mol. The standard InChI is InChI=1S/C23H35N5O8S/c1-12(29)19(25)22(34)28-17(11-13-3-5-14(30)6-4-13)21(33)26-15(9-10-37-2)20(32)27-16(23(35)36)7-8-18(24)31/h3-6,12,15-17,19,29-30H,7-11,25H2,1-2H3,(H2,24,31)(H,26,33)(H,27,32)(H,28,34)(H,35,36). The molecule has 10 N–H and O–H groups in total. The third-order valence-electron chi connectivity index (χ3n) is 5.37. The molecule has 4 amide bonds. The second-order valence-electron chi connectivity index (χ2n) is 8.45. The molecule has 206 valence electrons. The first-order valence-corrected chi connectivity index (χ1v) is 12.9. The molecule has 0 saturated heterocycles. The number of primary amides is 1. The maximum Gasteiger partial charge on any atom is 0.326 e. The van der Waals surface area contributed by atoms with Gasteiger partial charge in [0.1, 0.15) is 29.9 Å². The fourth-order valence-corrected chi connectivity index (χ4v) is 3.63. The van der Waals surface area contributed by atoms with Crippen LogP contribution < -0.4 is 27.4 Å². The Kier molecular flexibility index (Phi) is 13.4. The van der Waals surface area contributed by atoms with Gasteiger partial charge >= 0.3 is 5.97 Å². The molecule has 13 nitrogen and oxygen atoms in total. The molecule has 1 rings (SSSR count). The molecule has 0 saturated carbocycles. The van der Waals surface area contributed by atoms with E-state index in [1.165, 1.54) is 30.8 Å². The molecular formula is C23H35N5O8S. The van der Waals surface area contributed by atoms with Crippen LogP contribution in [0.1, 0.15) is 31.7 Å². The molecule has 0 spiro atoms. The Hall–Kier alpha value is -3.36. The number of rotatable bonds is 16. The number of aliphatic hydroxyl groups excluding tert-OH is 1. The average Bonchev–Trinajstić information content (AvgIpc) is 2.83. The van der Waals surface area contributed by atoms with Gasteiger partial charge in [0.05, 0.1) is 6.10 Å². The summed E-state index contributed by atoms with van der Waals surface area (Å²) in [7, 11) is 0. The van der Waals surface area contributed by atoms with Crippen molar-refractivity contribution in [1.29, 1.82) is 0 Å². The lowest BCUT2D eigenvalue weighted by molar-refractivity contribution is -0.142. The number of carboxylic acid groups (broad SMARTS) is 1. The van der Waals surface area contributed by atoms with E-state index in [4.69, 9.17) is 11.5 Å². The highest BCUT2D eigenvalue weighted by Gasteiger charge is 2.31. The Labute approximate surface area is 218 Å². The average molecular weight is 542 g/mol. The summed E-state index contributed by atoms with van der Waals surface area (Å²) in [5.41, 5.74) is 11.3. The summed E-state index contributed by atoms with van der Waals surface area (Å²) in [6.07, 6.45) is 0.228. The summed E-state index contributed by atoms with van der Waals surface area (Å²) >= 11 is 1.40. The Morgan fingerprint density at radius 2 is 1.46 bits per heavy atom. The van der Waals surface area contributed by atoms with Crippen LogP contribution >= 0.6 is 11.8 Å². The molecule has 0 heterocycles. The number of aromatic hydroxyl groups is 1. The zero-order valence-electron chi connectivity index (χ0n) is 20.7. The van der Waals surface area contributed by atoms with Crippen molar-refractivity contribution in [3.8, 4) is 5.75 Å². The van der Waals surface area contributed by atoms with Crippen molar-refractivity contribution in [2.24, 2.45) is 11.5 Å². The van der Waals surface area contributed by atoms with Gasteiger partial charge in [-0.25, -0.2) is 4.79 Å². The maximum absolute atomic E-state index is 13.2. The van der Waals surface area contributed by atoms with Crippen molar-refractivity contribution in [2.75, 3.05) is 12.0 Å². The van der Waals surface area contributed by atoms with Crippen molar-refractivity contribution >= 4 is 41.4 Å². The number of hydrogen-bond donors (Lipinski definition) is 8. The van der Waals surface area contributed by atoms with E-state index >= 15 is 0 Å². The molecule has 0 aliphatic carbocycles. The van der Waals surface area contributed by atoms with Crippen LogP contribution in [0.4, 0.5) is 0 Å². The third-order valence-corrected chi connectivity index (χ3v) is 6.01. The SMILES string of the molecule is CSCCC(NC(=O)C(Cc1ccc(O)cc1)NC(=O)C(N)C(C)O)C(=O)NC(CCC(N)=O)C(=O)O. The quantitative estimate of drug-likeness (QED) is 0.117. The van der Waals surface area contributed by atoms with E-state index in [9.17, 15) is 39.3 Å². The topological polar surface area (TPSA) is 234 Å². The zero-order chi connectivity index (χ0) is 28.1. The van der Waals surface area contributed by atoms with E-state index in [1.807, 2.05) is 0 Å². The second-order valence-corrected chi connectivity index (χ2v) is 9.43. The predicted octanol–water partition coefficient (Wildman–Crippen LogP) is -1.80. The highest BCUT2D eigenvalue weighted by Crippen LogP contribution is 2.12. The van der Waals surface area contributed by atoms with Crippen LogP contribution in [0.15, 0.2) is 24.3 Å². The van der Waals surface area contributed by atoms with Gasteiger partial charge in [-0.05, 0) is 49.5 Å². The molecule has 0 bridgehead atoms. The molecule has 37 heavy (non-hydrogen) atoms. The molecule has 1 aromatic carbocycles. The smallest absolute Gasteiger partial charge is 0.326 e. The van der Waals surface area contributed by atoms with Gasteiger partial charge in [-0.3, -0.25) is 19.2 Å². The van der Waals surface area contributed by atoms with E-state index in [0.717, 1.165) is 0 Å². The first-order valence-electron chi connectivity index (χ1n) is 11.5. The van der Waals surface area contributed by atoms with Gasteiger partial charge in [-0.1, -0.05) is 12.1 Å². The minimum absolute atomic E-state index is 0.00281. The summed E-state index contributed by atoms with van der Waals surface area (Å²) in [6, 6.07) is 0.824. The number of amides is 4. The molecule has 0 aromatic heterocycles. The van der Waals surface area contributed by atoms with Crippen molar-refractivity contribution in [1.82, 2.24) is 16.0 Å². The van der Waals surface area contributed by atoms with Gasteiger partial charge < -0.3 is 42.7 Å². The highest BCUT2D eigenvalue weighted by atomic mass is 32.2. The molecule has 0 fully saturated rings. The summed E-state index contributed by atoms with van der Waals surface area (Å²) in [4.78, 5) is 61.2. The number of aliphatic carboxylic acids is 1. The van der Waals surface area contributed by atoms with Gasteiger partial charge in [0.15, 0.2) is 0 Å². The molecule has 5 atom stereocenters. The number of phenolic OH excluding ortho intramolecular Hbond substituents is 1. The van der Waals surface area contributed by atoms with Crippen molar-refractivity contribution in [3.63, 3.8) is 0 Å². The Balaban J connectivity index is 3.11. The third kappa shape index (κ3) is 11.5. The van der Waals surface area contributed by atoms with Crippen molar-refractivity contribution < 1.29 is 39.3 Å². The zero-order valence-corrected chi connectivity index (χ0v) is 21.5. The Morgan fingerprint density at radius 1 is 0.919 bits per heavy atom. The number of hydrogen-bond acceptors (Lipinski definition) is 9. The number of carbonyl (C=O) groups is 5. The molecular weight excluding hydrogens is 506 g/mol. The highest BCUT2D eigenvalue weighted by molar-refractivity contribution is 7.98. The minimum atomic E-state index is -1.40. The summed E-state index contributed by atoms with van der Waals surface area (Å²) in [5.74, 6) is -3.97. The van der Waals surface area contributed by atoms with Crippen LogP contribution in [0.2, 0.25) is 0 Å². The number of carboxylic acids is 1. The van der Waals surface area contributed by atoms with Crippen molar-refractivity contribution in [3.05, 3.63) is 29.8 Å². The first-order chi connectivity index (χ1) is 17.3. The fourth-order valence-electron chi connectivity index (χ4n) is 3.16. The van der Waals surface area contributed by atoms with Crippen LogP contribution in [-0.4, -0.2) is 87.2 Å². The molecule has 5 unspecified atom stereocenters. The maximum atomic E-state index is 13.2.